The number of carbonyl (C=O) groups excluding carboxylic acids is 1. The van der Waals surface area contributed by atoms with Crippen molar-refractivity contribution in [2.75, 3.05) is 18.5 Å². The quantitative estimate of drug-likeness (QED) is 0.673. The summed E-state index contributed by atoms with van der Waals surface area (Å²) >= 11 is 0. The summed E-state index contributed by atoms with van der Waals surface area (Å²) < 4.78 is 11.6. The van der Waals surface area contributed by atoms with Crippen molar-refractivity contribution in [1.82, 2.24) is 0 Å². The summed E-state index contributed by atoms with van der Waals surface area (Å²) in [4.78, 5) is 12.8. The number of nitrogens with one attached hydrogen (secondary N) is 1. The minimum Gasteiger partial charge on any atom is -0.492 e. The zero-order chi connectivity index (χ0) is 18.1. The van der Waals surface area contributed by atoms with Gasteiger partial charge in [0.15, 0.2) is 0 Å². The molecule has 0 unspecified atom stereocenters. The molecule has 0 atom stereocenters. The number of carbonyl (C=O) groups is 1. The number of benzene rings is 1. The van der Waals surface area contributed by atoms with Gasteiger partial charge in [-0.15, -0.1) is 0 Å². The minimum atomic E-state index is -0.723. The molecule has 0 saturated heterocycles. The third-order valence-electron chi connectivity index (χ3n) is 4.52. The zero-order valence-corrected chi connectivity index (χ0v) is 15.3. The largest absolute Gasteiger partial charge is 0.492 e. The standard InChI is InChI=1S/C20H28N2O3/c1-3-5-13-24-18-9-8-17(14-16(18)15-21)22-19(23)20(25-12-4-2)10-6-7-11-20/h8-9,14H,3-7,10-13H2,1-2H3,(H,22,23). The molecule has 5 nitrogen and oxygen atoms in total. The van der Waals surface area contributed by atoms with Crippen LogP contribution in [0.4, 0.5) is 5.69 Å². The Morgan fingerprint density at radius 3 is 2.64 bits per heavy atom. The molecule has 1 amide bonds. The van der Waals surface area contributed by atoms with Gasteiger partial charge in [-0.1, -0.05) is 20.3 Å². The van der Waals surface area contributed by atoms with Gasteiger partial charge >= 0.3 is 0 Å². The van der Waals surface area contributed by atoms with Gasteiger partial charge in [0.1, 0.15) is 17.4 Å². The van der Waals surface area contributed by atoms with Crippen molar-refractivity contribution in [3.63, 3.8) is 0 Å². The highest BCUT2D eigenvalue weighted by atomic mass is 16.5. The van der Waals surface area contributed by atoms with Gasteiger partial charge in [-0.05, 0) is 56.7 Å². The lowest BCUT2D eigenvalue weighted by molar-refractivity contribution is -0.140. The molecule has 136 valence electrons. The van der Waals surface area contributed by atoms with E-state index in [-0.39, 0.29) is 5.91 Å². The van der Waals surface area contributed by atoms with Crippen LogP contribution in [0.3, 0.4) is 0 Å². The summed E-state index contributed by atoms with van der Waals surface area (Å²) in [6.45, 7) is 5.30. The maximum absolute atomic E-state index is 12.8. The second kappa shape index (κ2) is 9.43. The summed E-state index contributed by atoms with van der Waals surface area (Å²) in [6.07, 6.45) is 6.38. The van der Waals surface area contributed by atoms with Crippen LogP contribution in [0.25, 0.3) is 0 Å². The van der Waals surface area contributed by atoms with Gasteiger partial charge in [0, 0.05) is 12.3 Å². The Labute approximate surface area is 150 Å². The molecule has 25 heavy (non-hydrogen) atoms. The first-order valence-corrected chi connectivity index (χ1v) is 9.27. The Hall–Kier alpha value is -2.06. The fourth-order valence-corrected chi connectivity index (χ4v) is 3.07. The summed E-state index contributed by atoms with van der Waals surface area (Å²) in [5.41, 5.74) is 0.318. The number of nitriles is 1. The third kappa shape index (κ3) is 4.96. The number of rotatable bonds is 9. The van der Waals surface area contributed by atoms with E-state index >= 15 is 0 Å². The Balaban J connectivity index is 2.08. The van der Waals surface area contributed by atoms with Crippen molar-refractivity contribution < 1.29 is 14.3 Å². The molecule has 0 spiro atoms. The summed E-state index contributed by atoms with van der Waals surface area (Å²) in [5, 5.41) is 12.3. The predicted octanol–water partition coefficient (Wildman–Crippen LogP) is 4.42. The highest BCUT2D eigenvalue weighted by Crippen LogP contribution is 2.35. The van der Waals surface area contributed by atoms with Gasteiger partial charge in [-0.3, -0.25) is 4.79 Å². The number of ether oxygens (including phenoxy) is 2. The topological polar surface area (TPSA) is 71.3 Å². The van der Waals surface area contributed by atoms with Gasteiger partial charge in [-0.2, -0.15) is 5.26 Å². The lowest BCUT2D eigenvalue weighted by atomic mass is 10.0. The van der Waals surface area contributed by atoms with Crippen LogP contribution in [0.5, 0.6) is 5.75 Å². The normalized spacial score (nSPS) is 15.6. The molecule has 0 aliphatic heterocycles. The van der Waals surface area contributed by atoms with Crippen LogP contribution < -0.4 is 10.1 Å². The van der Waals surface area contributed by atoms with Crippen LogP contribution >= 0.6 is 0 Å². The smallest absolute Gasteiger partial charge is 0.256 e. The second-order valence-electron chi connectivity index (χ2n) is 6.53. The molecule has 1 aromatic rings. The van der Waals surface area contributed by atoms with E-state index in [0.717, 1.165) is 44.9 Å². The second-order valence-corrected chi connectivity index (χ2v) is 6.53. The Morgan fingerprint density at radius 1 is 1.24 bits per heavy atom. The molecule has 0 heterocycles. The molecule has 1 fully saturated rings. The summed E-state index contributed by atoms with van der Waals surface area (Å²) in [5.74, 6) is 0.453. The molecule has 5 heteroatoms. The zero-order valence-electron chi connectivity index (χ0n) is 15.3. The van der Waals surface area contributed by atoms with E-state index in [9.17, 15) is 10.1 Å². The van der Waals surface area contributed by atoms with Crippen LogP contribution in [0.1, 0.15) is 64.4 Å². The van der Waals surface area contributed by atoms with Crippen molar-refractivity contribution in [1.29, 1.82) is 5.26 Å². The first kappa shape index (κ1) is 19.3. The minimum absolute atomic E-state index is 0.109. The van der Waals surface area contributed by atoms with E-state index in [2.05, 4.69) is 18.3 Å². The molecule has 1 aliphatic carbocycles. The lowest BCUT2D eigenvalue weighted by Crippen LogP contribution is -2.43. The maximum Gasteiger partial charge on any atom is 0.256 e. The van der Waals surface area contributed by atoms with Gasteiger partial charge in [0.25, 0.3) is 5.91 Å². The van der Waals surface area contributed by atoms with E-state index in [1.165, 1.54) is 0 Å². The highest BCUT2D eigenvalue weighted by Gasteiger charge is 2.42. The van der Waals surface area contributed by atoms with Crippen molar-refractivity contribution in [3.05, 3.63) is 23.8 Å². The monoisotopic (exact) mass is 344 g/mol. The predicted molar refractivity (Wildman–Crippen MR) is 97.6 cm³/mol. The van der Waals surface area contributed by atoms with Gasteiger partial charge in [0.05, 0.1) is 12.2 Å². The molecule has 1 aliphatic rings. The fraction of sp³-hybridized carbons (Fsp3) is 0.600. The van der Waals surface area contributed by atoms with E-state index < -0.39 is 5.60 Å². The van der Waals surface area contributed by atoms with Crippen LogP contribution in [-0.2, 0) is 9.53 Å². The molecule has 1 aromatic carbocycles. The highest BCUT2D eigenvalue weighted by molar-refractivity contribution is 5.97. The molecule has 1 saturated carbocycles. The Kier molecular flexibility index (Phi) is 7.27. The number of amides is 1. The molecule has 0 aromatic heterocycles. The molecular formula is C20H28N2O3. The average Bonchev–Trinajstić information content (AvgIpc) is 3.11. The van der Waals surface area contributed by atoms with Crippen molar-refractivity contribution in [3.8, 4) is 11.8 Å². The number of unbranched alkanes of at least 4 members (excludes halogenated alkanes) is 1. The molecule has 2 rings (SSSR count). The molecule has 0 radical (unpaired) electrons. The maximum atomic E-state index is 12.8. The van der Waals surface area contributed by atoms with Crippen molar-refractivity contribution in [2.45, 2.75) is 64.4 Å². The van der Waals surface area contributed by atoms with Crippen LogP contribution in [0.15, 0.2) is 18.2 Å². The van der Waals surface area contributed by atoms with Crippen molar-refractivity contribution >= 4 is 11.6 Å². The van der Waals surface area contributed by atoms with Gasteiger partial charge in [0.2, 0.25) is 0 Å². The molecular weight excluding hydrogens is 316 g/mol. The van der Waals surface area contributed by atoms with Crippen LogP contribution in [0.2, 0.25) is 0 Å². The molecule has 1 N–H and O–H groups in total. The van der Waals surface area contributed by atoms with E-state index in [4.69, 9.17) is 9.47 Å². The van der Waals surface area contributed by atoms with E-state index in [0.29, 0.717) is 30.2 Å². The molecule has 0 bridgehead atoms. The average molecular weight is 344 g/mol. The SMILES string of the molecule is CCCCOc1ccc(NC(=O)C2(OCCC)CCCC2)cc1C#N. The Bertz CT molecular complexity index is 616. The summed E-state index contributed by atoms with van der Waals surface area (Å²) in [6, 6.07) is 7.34. The number of nitrogens with zero attached hydrogens (tertiary/aromatic N) is 1. The van der Waals surface area contributed by atoms with Gasteiger partial charge in [-0.25, -0.2) is 0 Å². The first-order valence-electron chi connectivity index (χ1n) is 9.27. The number of hydrogen-bond acceptors (Lipinski definition) is 4. The van der Waals surface area contributed by atoms with Crippen LogP contribution in [0, 0.1) is 11.3 Å². The van der Waals surface area contributed by atoms with E-state index in [1.54, 1.807) is 18.2 Å². The summed E-state index contributed by atoms with van der Waals surface area (Å²) in [7, 11) is 0. The van der Waals surface area contributed by atoms with E-state index in [1.807, 2.05) is 6.92 Å². The van der Waals surface area contributed by atoms with Gasteiger partial charge < -0.3 is 14.8 Å². The first-order chi connectivity index (χ1) is 12.1. The lowest BCUT2D eigenvalue weighted by Gasteiger charge is -2.28. The fourth-order valence-electron chi connectivity index (χ4n) is 3.07. The third-order valence-corrected chi connectivity index (χ3v) is 4.52. The Morgan fingerprint density at radius 2 is 2.00 bits per heavy atom. The van der Waals surface area contributed by atoms with Crippen LogP contribution in [-0.4, -0.2) is 24.7 Å². The number of anilines is 1. The number of hydrogen-bond donors (Lipinski definition) is 1. The van der Waals surface area contributed by atoms with Crippen molar-refractivity contribution in [2.24, 2.45) is 0 Å².